The number of aryl methyl sites for hydroxylation is 1. The first-order valence-corrected chi connectivity index (χ1v) is 9.98. The minimum atomic E-state index is -0.0786. The molecule has 1 aromatic carbocycles. The zero-order chi connectivity index (χ0) is 20.4. The summed E-state index contributed by atoms with van der Waals surface area (Å²) in [6.07, 6.45) is 6.29. The van der Waals surface area contributed by atoms with Crippen molar-refractivity contribution in [3.63, 3.8) is 0 Å². The van der Waals surface area contributed by atoms with Gasteiger partial charge in [0.1, 0.15) is 11.2 Å². The van der Waals surface area contributed by atoms with Gasteiger partial charge in [-0.1, -0.05) is 19.8 Å². The molecule has 1 aliphatic carbocycles. The van der Waals surface area contributed by atoms with Crippen molar-refractivity contribution in [1.29, 1.82) is 0 Å². The highest BCUT2D eigenvalue weighted by atomic mass is 16.1. The number of carbonyl (C=O) groups is 1. The van der Waals surface area contributed by atoms with Crippen molar-refractivity contribution in [2.24, 2.45) is 0 Å². The maximum absolute atomic E-state index is 12.8. The number of carbonyl (C=O) groups excluding carboxylic acids is 1. The molecule has 29 heavy (non-hydrogen) atoms. The molecule has 3 aromatic rings. The molecule has 1 saturated carbocycles. The topological polar surface area (TPSA) is 102 Å². The zero-order valence-corrected chi connectivity index (χ0v) is 16.6. The maximum atomic E-state index is 12.8. The van der Waals surface area contributed by atoms with E-state index in [0.29, 0.717) is 29.2 Å². The van der Waals surface area contributed by atoms with Crippen molar-refractivity contribution < 1.29 is 4.79 Å². The lowest BCUT2D eigenvalue weighted by atomic mass is 10.2. The Morgan fingerprint density at radius 2 is 1.83 bits per heavy atom. The summed E-state index contributed by atoms with van der Waals surface area (Å²) in [7, 11) is 0. The van der Waals surface area contributed by atoms with Crippen molar-refractivity contribution in [2.45, 2.75) is 52.0 Å². The van der Waals surface area contributed by atoms with Crippen LogP contribution in [0, 0.1) is 6.92 Å². The molecule has 150 valence electrons. The Balaban J connectivity index is 1.65. The van der Waals surface area contributed by atoms with Crippen LogP contribution >= 0.6 is 0 Å². The van der Waals surface area contributed by atoms with Gasteiger partial charge in [0.2, 0.25) is 11.9 Å². The second kappa shape index (κ2) is 7.98. The second-order valence-corrected chi connectivity index (χ2v) is 7.32. The summed E-state index contributed by atoms with van der Waals surface area (Å²) >= 11 is 0. The molecule has 1 aliphatic rings. The van der Waals surface area contributed by atoms with Gasteiger partial charge in [-0.2, -0.15) is 4.98 Å². The van der Waals surface area contributed by atoms with Gasteiger partial charge in [0, 0.05) is 23.8 Å². The van der Waals surface area contributed by atoms with Gasteiger partial charge in [0.15, 0.2) is 5.65 Å². The summed E-state index contributed by atoms with van der Waals surface area (Å²) in [5.74, 6) is 0.371. The molecule has 1 amide bonds. The number of hydrogen-bond donors (Lipinski definition) is 2. The third kappa shape index (κ3) is 3.96. The Labute approximate surface area is 168 Å². The van der Waals surface area contributed by atoms with Crippen LogP contribution in [-0.2, 0) is 4.79 Å². The van der Waals surface area contributed by atoms with Gasteiger partial charge in [0.05, 0.1) is 6.20 Å². The smallest absolute Gasteiger partial charge is 0.273 e. The van der Waals surface area contributed by atoms with Gasteiger partial charge >= 0.3 is 0 Å². The Bertz CT molecular complexity index is 1100. The lowest BCUT2D eigenvalue weighted by molar-refractivity contribution is -0.115. The number of benzene rings is 1. The van der Waals surface area contributed by atoms with Crippen LogP contribution in [0.2, 0.25) is 0 Å². The Hall–Kier alpha value is -3.29. The Kier molecular flexibility index (Phi) is 5.24. The van der Waals surface area contributed by atoms with E-state index in [1.807, 2.05) is 31.2 Å². The average Bonchev–Trinajstić information content (AvgIpc) is 3.25. The van der Waals surface area contributed by atoms with Gasteiger partial charge in [-0.15, -0.1) is 0 Å². The highest BCUT2D eigenvalue weighted by molar-refractivity contribution is 5.90. The lowest BCUT2D eigenvalue weighted by Gasteiger charge is -2.17. The van der Waals surface area contributed by atoms with E-state index >= 15 is 0 Å². The van der Waals surface area contributed by atoms with E-state index in [9.17, 15) is 9.59 Å². The van der Waals surface area contributed by atoms with Gasteiger partial charge in [-0.05, 0) is 44.0 Å². The number of nitrogens with one attached hydrogen (secondary N) is 2. The number of rotatable bonds is 5. The molecule has 0 aliphatic heterocycles. The minimum absolute atomic E-state index is 0.0313. The number of nitrogens with zero attached hydrogens (tertiary/aromatic N) is 4. The summed E-state index contributed by atoms with van der Waals surface area (Å²) in [6.45, 7) is 3.54. The average molecular weight is 392 g/mol. The van der Waals surface area contributed by atoms with Gasteiger partial charge in [-0.25, -0.2) is 9.97 Å². The monoisotopic (exact) mass is 392 g/mol. The molecule has 0 spiro atoms. The van der Waals surface area contributed by atoms with E-state index in [1.54, 1.807) is 17.7 Å². The van der Waals surface area contributed by atoms with E-state index in [4.69, 9.17) is 0 Å². The largest absolute Gasteiger partial charge is 0.326 e. The predicted octanol–water partition coefficient (Wildman–Crippen LogP) is 3.70. The van der Waals surface area contributed by atoms with E-state index < -0.39 is 0 Å². The first-order valence-electron chi connectivity index (χ1n) is 9.98. The summed E-state index contributed by atoms with van der Waals surface area (Å²) in [4.78, 5) is 37.6. The second-order valence-electron chi connectivity index (χ2n) is 7.32. The molecular formula is C21H24N6O2. The highest BCUT2D eigenvalue weighted by Gasteiger charge is 2.22. The maximum Gasteiger partial charge on any atom is 0.273 e. The van der Waals surface area contributed by atoms with Crippen molar-refractivity contribution >= 4 is 34.4 Å². The van der Waals surface area contributed by atoms with Crippen LogP contribution < -0.4 is 16.2 Å². The molecule has 0 unspecified atom stereocenters. The third-order valence-corrected chi connectivity index (χ3v) is 5.23. The van der Waals surface area contributed by atoms with Crippen molar-refractivity contribution in [3.8, 4) is 0 Å². The lowest BCUT2D eigenvalue weighted by Crippen LogP contribution is -2.27. The molecule has 0 saturated heterocycles. The molecular weight excluding hydrogens is 368 g/mol. The van der Waals surface area contributed by atoms with E-state index in [1.165, 1.54) is 0 Å². The Morgan fingerprint density at radius 1 is 1.14 bits per heavy atom. The molecule has 2 N–H and O–H groups in total. The summed E-state index contributed by atoms with van der Waals surface area (Å²) in [5.41, 5.74) is 3.10. The van der Waals surface area contributed by atoms with E-state index in [-0.39, 0.29) is 17.5 Å². The van der Waals surface area contributed by atoms with Crippen LogP contribution in [0.25, 0.3) is 11.2 Å². The van der Waals surface area contributed by atoms with E-state index in [2.05, 4.69) is 25.6 Å². The zero-order valence-electron chi connectivity index (χ0n) is 16.6. The molecule has 4 rings (SSSR count). The fourth-order valence-electron chi connectivity index (χ4n) is 3.70. The van der Waals surface area contributed by atoms with Crippen LogP contribution in [0.15, 0.2) is 35.3 Å². The molecule has 1 fully saturated rings. The van der Waals surface area contributed by atoms with Crippen molar-refractivity contribution in [2.75, 3.05) is 10.6 Å². The normalized spacial score (nSPS) is 14.3. The molecule has 0 atom stereocenters. The minimum Gasteiger partial charge on any atom is -0.326 e. The first kappa shape index (κ1) is 19.0. The van der Waals surface area contributed by atoms with Gasteiger partial charge in [0.25, 0.3) is 5.56 Å². The van der Waals surface area contributed by atoms with Gasteiger partial charge in [-0.3, -0.25) is 14.2 Å². The first-order chi connectivity index (χ1) is 14.0. The molecule has 8 nitrogen and oxygen atoms in total. The predicted molar refractivity (Wildman–Crippen MR) is 112 cm³/mol. The fraction of sp³-hybridized carbons (Fsp3) is 0.381. The summed E-state index contributed by atoms with van der Waals surface area (Å²) < 4.78 is 1.79. The third-order valence-electron chi connectivity index (χ3n) is 5.23. The fourth-order valence-corrected chi connectivity index (χ4v) is 3.70. The standard InChI is InChI=1S/C21H24N6O2/c1-3-18(28)24-14-8-10-15(11-9-14)25-21-22-12-17-19(26-21)27(16-6-4-5-7-16)20(29)13(2)23-17/h8-12,16H,3-7H2,1-2H3,(H,24,28)(H,22,25,26). The van der Waals surface area contributed by atoms with Crippen LogP contribution in [0.5, 0.6) is 0 Å². The number of fused-ring (bicyclic) bond motifs is 1. The van der Waals surface area contributed by atoms with Crippen molar-refractivity contribution in [1.82, 2.24) is 19.5 Å². The van der Waals surface area contributed by atoms with Crippen LogP contribution in [0.4, 0.5) is 17.3 Å². The van der Waals surface area contributed by atoms with Gasteiger partial charge < -0.3 is 10.6 Å². The number of anilines is 3. The SMILES string of the molecule is CCC(=O)Nc1ccc(Nc2ncc3nc(C)c(=O)n(C4CCCC4)c3n2)cc1. The molecule has 2 heterocycles. The quantitative estimate of drug-likeness (QED) is 0.686. The number of hydrogen-bond acceptors (Lipinski definition) is 6. The van der Waals surface area contributed by atoms with Crippen molar-refractivity contribution in [3.05, 3.63) is 46.5 Å². The molecule has 0 bridgehead atoms. The van der Waals surface area contributed by atoms with Crippen LogP contribution in [0.3, 0.4) is 0 Å². The van der Waals surface area contributed by atoms with E-state index in [0.717, 1.165) is 37.1 Å². The molecule has 0 radical (unpaired) electrons. The summed E-state index contributed by atoms with van der Waals surface area (Å²) in [6, 6.07) is 7.48. The summed E-state index contributed by atoms with van der Waals surface area (Å²) in [5, 5.41) is 5.98. The van der Waals surface area contributed by atoms with Crippen LogP contribution in [0.1, 0.15) is 50.8 Å². The number of aromatic nitrogens is 4. The van der Waals surface area contributed by atoms with Crippen LogP contribution in [-0.4, -0.2) is 25.4 Å². The molecule has 8 heteroatoms. The highest BCUT2D eigenvalue weighted by Crippen LogP contribution is 2.30. The Morgan fingerprint density at radius 3 is 2.52 bits per heavy atom. The number of amides is 1. The molecule has 2 aromatic heterocycles.